The Hall–Kier alpha value is -1.40. The minimum absolute atomic E-state index is 0.239. The molecule has 1 aliphatic rings. The maximum Gasteiger partial charge on any atom is 0.335 e. The molecular weight excluding hydrogens is 336 g/mol. The SMILES string of the molecule is CC1(C)C(=O)NC(=O)N(c2ccc(Br)cc2Cl)C1=O. The highest BCUT2D eigenvalue weighted by atomic mass is 79.9. The van der Waals surface area contributed by atoms with Crippen molar-refractivity contribution >= 4 is 51.1 Å². The molecule has 0 radical (unpaired) electrons. The van der Waals surface area contributed by atoms with Gasteiger partial charge in [0.15, 0.2) is 0 Å². The second-order valence-corrected chi connectivity index (χ2v) is 5.94. The molecular formula is C12H10BrClN2O3. The lowest BCUT2D eigenvalue weighted by molar-refractivity contribution is -0.140. The van der Waals surface area contributed by atoms with Gasteiger partial charge in [-0.15, -0.1) is 0 Å². The fraction of sp³-hybridized carbons (Fsp3) is 0.250. The molecule has 100 valence electrons. The van der Waals surface area contributed by atoms with Crippen molar-refractivity contribution < 1.29 is 14.4 Å². The van der Waals surface area contributed by atoms with E-state index in [1.165, 1.54) is 19.9 Å². The molecule has 0 atom stereocenters. The Morgan fingerprint density at radius 2 is 1.89 bits per heavy atom. The van der Waals surface area contributed by atoms with Gasteiger partial charge in [0, 0.05) is 4.47 Å². The molecule has 0 saturated carbocycles. The molecule has 2 rings (SSSR count). The zero-order valence-electron chi connectivity index (χ0n) is 10.2. The zero-order chi connectivity index (χ0) is 14.4. The van der Waals surface area contributed by atoms with Crippen LogP contribution in [0, 0.1) is 5.41 Å². The van der Waals surface area contributed by atoms with Crippen molar-refractivity contribution in [3.05, 3.63) is 27.7 Å². The Morgan fingerprint density at radius 3 is 2.47 bits per heavy atom. The molecule has 0 aromatic heterocycles. The monoisotopic (exact) mass is 344 g/mol. The first-order chi connectivity index (χ1) is 8.75. The first-order valence-corrected chi connectivity index (χ1v) is 6.57. The van der Waals surface area contributed by atoms with Crippen LogP contribution in [-0.2, 0) is 9.59 Å². The molecule has 1 aromatic carbocycles. The van der Waals surface area contributed by atoms with Gasteiger partial charge in [-0.05, 0) is 32.0 Å². The number of nitrogens with one attached hydrogen (secondary N) is 1. The van der Waals surface area contributed by atoms with Gasteiger partial charge in [0.05, 0.1) is 10.7 Å². The number of halogens is 2. The summed E-state index contributed by atoms with van der Waals surface area (Å²) in [7, 11) is 0. The molecule has 1 aliphatic heterocycles. The van der Waals surface area contributed by atoms with E-state index in [0.29, 0.717) is 0 Å². The topological polar surface area (TPSA) is 66.5 Å². The van der Waals surface area contributed by atoms with Crippen molar-refractivity contribution in [3.8, 4) is 0 Å². The summed E-state index contributed by atoms with van der Waals surface area (Å²) in [6.45, 7) is 2.91. The number of benzene rings is 1. The van der Waals surface area contributed by atoms with Crippen molar-refractivity contribution in [1.82, 2.24) is 5.32 Å². The minimum Gasteiger partial charge on any atom is -0.276 e. The third kappa shape index (κ3) is 2.26. The van der Waals surface area contributed by atoms with Crippen LogP contribution in [0.5, 0.6) is 0 Å². The number of nitrogens with zero attached hydrogens (tertiary/aromatic N) is 1. The van der Waals surface area contributed by atoms with Crippen LogP contribution in [0.2, 0.25) is 5.02 Å². The summed E-state index contributed by atoms with van der Waals surface area (Å²) in [5.74, 6) is -1.22. The summed E-state index contributed by atoms with van der Waals surface area (Å²) >= 11 is 9.27. The predicted octanol–water partition coefficient (Wildman–Crippen LogP) is 2.71. The Kier molecular flexibility index (Phi) is 3.40. The number of carbonyl (C=O) groups is 3. The number of urea groups is 1. The maximum absolute atomic E-state index is 12.3. The molecule has 1 heterocycles. The standard InChI is InChI=1S/C12H10BrClN2O3/c1-12(2)9(17)15-11(19)16(10(12)18)8-4-3-6(13)5-7(8)14/h3-5H,1-2H3,(H,15,17,19). The second-order valence-electron chi connectivity index (χ2n) is 4.62. The summed E-state index contributed by atoms with van der Waals surface area (Å²) < 4.78 is 0.724. The average Bonchev–Trinajstić information content (AvgIpc) is 2.30. The van der Waals surface area contributed by atoms with Crippen LogP contribution in [0.3, 0.4) is 0 Å². The van der Waals surface area contributed by atoms with Gasteiger partial charge in [-0.1, -0.05) is 27.5 Å². The lowest BCUT2D eigenvalue weighted by Gasteiger charge is -2.34. The number of imide groups is 2. The van der Waals surface area contributed by atoms with Crippen LogP contribution in [0.25, 0.3) is 0 Å². The minimum atomic E-state index is -1.32. The Balaban J connectivity index is 2.52. The van der Waals surface area contributed by atoms with E-state index >= 15 is 0 Å². The molecule has 0 unspecified atom stereocenters. The molecule has 7 heteroatoms. The Labute approximate surface area is 123 Å². The molecule has 0 aliphatic carbocycles. The number of hydrogen-bond donors (Lipinski definition) is 1. The lowest BCUT2D eigenvalue weighted by Crippen LogP contribution is -2.62. The fourth-order valence-corrected chi connectivity index (χ4v) is 2.42. The van der Waals surface area contributed by atoms with Crippen molar-refractivity contribution in [2.75, 3.05) is 4.90 Å². The first-order valence-electron chi connectivity index (χ1n) is 5.40. The van der Waals surface area contributed by atoms with Crippen LogP contribution < -0.4 is 10.2 Å². The van der Waals surface area contributed by atoms with Crippen molar-refractivity contribution in [1.29, 1.82) is 0 Å². The molecule has 1 fully saturated rings. The van der Waals surface area contributed by atoms with Gasteiger partial charge in [-0.2, -0.15) is 0 Å². The van der Waals surface area contributed by atoms with E-state index in [4.69, 9.17) is 11.6 Å². The molecule has 1 aromatic rings. The molecule has 1 saturated heterocycles. The van der Waals surface area contributed by atoms with E-state index in [-0.39, 0.29) is 10.7 Å². The van der Waals surface area contributed by atoms with E-state index in [0.717, 1.165) is 9.37 Å². The second kappa shape index (κ2) is 4.61. The van der Waals surface area contributed by atoms with E-state index in [1.54, 1.807) is 12.1 Å². The molecule has 0 spiro atoms. The van der Waals surface area contributed by atoms with Crippen LogP contribution >= 0.6 is 27.5 Å². The van der Waals surface area contributed by atoms with Gasteiger partial charge in [0.2, 0.25) is 11.8 Å². The summed E-state index contributed by atoms with van der Waals surface area (Å²) in [5, 5.41) is 2.39. The molecule has 0 bridgehead atoms. The van der Waals surface area contributed by atoms with Crippen LogP contribution in [0.1, 0.15) is 13.8 Å². The van der Waals surface area contributed by atoms with E-state index in [9.17, 15) is 14.4 Å². The molecule has 1 N–H and O–H groups in total. The van der Waals surface area contributed by atoms with Gasteiger partial charge in [0.1, 0.15) is 5.41 Å². The van der Waals surface area contributed by atoms with E-state index in [1.807, 2.05) is 0 Å². The molecule has 4 amide bonds. The molecule has 19 heavy (non-hydrogen) atoms. The number of amides is 4. The number of anilines is 1. The number of barbiturate groups is 1. The Bertz CT molecular complexity index is 601. The third-order valence-electron chi connectivity index (χ3n) is 2.88. The highest BCUT2D eigenvalue weighted by Crippen LogP contribution is 2.34. The summed E-state index contributed by atoms with van der Waals surface area (Å²) in [6.07, 6.45) is 0. The third-order valence-corrected chi connectivity index (χ3v) is 3.68. The van der Waals surface area contributed by atoms with Gasteiger partial charge in [-0.25, -0.2) is 9.69 Å². The lowest BCUT2D eigenvalue weighted by atomic mass is 9.88. The average molecular weight is 346 g/mol. The van der Waals surface area contributed by atoms with Gasteiger partial charge >= 0.3 is 6.03 Å². The Morgan fingerprint density at radius 1 is 1.26 bits per heavy atom. The molecule has 5 nitrogen and oxygen atoms in total. The first kappa shape index (κ1) is 14.0. The number of rotatable bonds is 1. The fourth-order valence-electron chi connectivity index (χ4n) is 1.66. The largest absolute Gasteiger partial charge is 0.335 e. The van der Waals surface area contributed by atoms with E-state index in [2.05, 4.69) is 21.2 Å². The van der Waals surface area contributed by atoms with Crippen LogP contribution in [0.4, 0.5) is 10.5 Å². The van der Waals surface area contributed by atoms with Gasteiger partial charge in [-0.3, -0.25) is 14.9 Å². The quantitative estimate of drug-likeness (QED) is 0.796. The number of hydrogen-bond acceptors (Lipinski definition) is 3. The maximum atomic E-state index is 12.3. The highest BCUT2D eigenvalue weighted by Gasteiger charge is 2.48. The zero-order valence-corrected chi connectivity index (χ0v) is 12.5. The van der Waals surface area contributed by atoms with E-state index < -0.39 is 23.3 Å². The summed E-state index contributed by atoms with van der Waals surface area (Å²) in [6, 6.07) is 3.97. The summed E-state index contributed by atoms with van der Waals surface area (Å²) in [5.41, 5.74) is -1.07. The predicted molar refractivity (Wildman–Crippen MR) is 74.0 cm³/mol. The normalized spacial score (nSPS) is 18.5. The van der Waals surface area contributed by atoms with Crippen LogP contribution in [0.15, 0.2) is 22.7 Å². The van der Waals surface area contributed by atoms with Crippen molar-refractivity contribution in [2.45, 2.75) is 13.8 Å². The number of carbonyl (C=O) groups excluding carboxylic acids is 3. The van der Waals surface area contributed by atoms with Crippen LogP contribution in [-0.4, -0.2) is 17.8 Å². The van der Waals surface area contributed by atoms with Gasteiger partial charge < -0.3 is 0 Å². The highest BCUT2D eigenvalue weighted by molar-refractivity contribution is 9.10. The van der Waals surface area contributed by atoms with Crippen molar-refractivity contribution in [2.24, 2.45) is 5.41 Å². The smallest absolute Gasteiger partial charge is 0.276 e. The summed E-state index contributed by atoms with van der Waals surface area (Å²) in [4.78, 5) is 36.6. The van der Waals surface area contributed by atoms with Crippen molar-refractivity contribution in [3.63, 3.8) is 0 Å². The van der Waals surface area contributed by atoms with Gasteiger partial charge in [0.25, 0.3) is 0 Å².